The molecule has 0 fully saturated rings. The van der Waals surface area contributed by atoms with Gasteiger partial charge < -0.3 is 15.6 Å². The van der Waals surface area contributed by atoms with Crippen LogP contribution in [0.25, 0.3) is 0 Å². The number of carbonyl (C=O) groups is 1. The lowest BCUT2D eigenvalue weighted by molar-refractivity contribution is -0.385. The summed E-state index contributed by atoms with van der Waals surface area (Å²) in [6.07, 6.45) is 1.44. The summed E-state index contributed by atoms with van der Waals surface area (Å²) in [5.41, 5.74) is 5.52. The molecule has 2 unspecified atom stereocenters. The Bertz CT molecular complexity index is 506. The second kappa shape index (κ2) is 8.99. The van der Waals surface area contributed by atoms with Gasteiger partial charge in [0.25, 0.3) is 0 Å². The molecular formula is C15H22N2O5. The lowest BCUT2D eigenvalue weighted by Crippen LogP contribution is -2.21. The molecule has 0 spiro atoms. The van der Waals surface area contributed by atoms with Crippen LogP contribution in [0.5, 0.6) is 5.75 Å². The SMILES string of the molecule is CC(CCOc1ccccc1[N+](=O)[O-])CC(CN)CC(=O)O. The summed E-state index contributed by atoms with van der Waals surface area (Å²) in [4.78, 5) is 21.1. The average molecular weight is 310 g/mol. The Morgan fingerprint density at radius 3 is 2.73 bits per heavy atom. The van der Waals surface area contributed by atoms with Crippen molar-refractivity contribution in [3.63, 3.8) is 0 Å². The van der Waals surface area contributed by atoms with Gasteiger partial charge >= 0.3 is 11.7 Å². The van der Waals surface area contributed by atoms with E-state index in [0.717, 1.165) is 0 Å². The van der Waals surface area contributed by atoms with Crippen LogP contribution in [0.4, 0.5) is 5.69 Å². The summed E-state index contributed by atoms with van der Waals surface area (Å²) < 4.78 is 5.48. The second-order valence-electron chi connectivity index (χ2n) is 5.40. The Balaban J connectivity index is 2.43. The number of nitro groups is 1. The second-order valence-corrected chi connectivity index (χ2v) is 5.40. The van der Waals surface area contributed by atoms with Crippen molar-refractivity contribution < 1.29 is 19.6 Å². The highest BCUT2D eigenvalue weighted by Gasteiger charge is 2.17. The minimum Gasteiger partial charge on any atom is -0.487 e. The fraction of sp³-hybridized carbons (Fsp3) is 0.533. The van der Waals surface area contributed by atoms with Gasteiger partial charge in [0.15, 0.2) is 5.75 Å². The number of aliphatic carboxylic acids is 1. The van der Waals surface area contributed by atoms with Crippen molar-refractivity contribution in [3.05, 3.63) is 34.4 Å². The molecule has 0 aliphatic heterocycles. The third kappa shape index (κ3) is 6.09. The van der Waals surface area contributed by atoms with Crippen molar-refractivity contribution >= 4 is 11.7 Å². The van der Waals surface area contributed by atoms with Crippen LogP contribution in [0.2, 0.25) is 0 Å². The van der Waals surface area contributed by atoms with Gasteiger partial charge in [0.1, 0.15) is 0 Å². The molecule has 0 amide bonds. The van der Waals surface area contributed by atoms with Gasteiger partial charge in [-0.15, -0.1) is 0 Å². The maximum absolute atomic E-state index is 10.9. The van der Waals surface area contributed by atoms with E-state index in [1.54, 1.807) is 18.2 Å². The Morgan fingerprint density at radius 1 is 1.45 bits per heavy atom. The molecule has 2 atom stereocenters. The van der Waals surface area contributed by atoms with Crippen molar-refractivity contribution in [2.24, 2.45) is 17.6 Å². The minimum absolute atomic E-state index is 0.0548. The summed E-state index contributed by atoms with van der Waals surface area (Å²) in [6.45, 7) is 2.67. The number of hydrogen-bond acceptors (Lipinski definition) is 5. The smallest absolute Gasteiger partial charge is 0.310 e. The molecule has 0 aromatic heterocycles. The van der Waals surface area contributed by atoms with Crippen molar-refractivity contribution in [1.82, 2.24) is 0 Å². The van der Waals surface area contributed by atoms with Crippen LogP contribution in [0, 0.1) is 22.0 Å². The monoisotopic (exact) mass is 310 g/mol. The topological polar surface area (TPSA) is 116 Å². The van der Waals surface area contributed by atoms with E-state index in [2.05, 4.69) is 0 Å². The first-order valence-electron chi connectivity index (χ1n) is 7.22. The first kappa shape index (κ1) is 17.9. The van der Waals surface area contributed by atoms with Crippen LogP contribution < -0.4 is 10.5 Å². The highest BCUT2D eigenvalue weighted by atomic mass is 16.6. The molecule has 0 bridgehead atoms. The molecule has 1 aromatic rings. The quantitative estimate of drug-likeness (QED) is 0.506. The molecule has 1 rings (SSSR count). The van der Waals surface area contributed by atoms with Gasteiger partial charge in [0.2, 0.25) is 0 Å². The molecule has 0 aliphatic rings. The van der Waals surface area contributed by atoms with E-state index in [9.17, 15) is 14.9 Å². The van der Waals surface area contributed by atoms with E-state index >= 15 is 0 Å². The molecular weight excluding hydrogens is 288 g/mol. The number of rotatable bonds is 10. The van der Waals surface area contributed by atoms with Crippen LogP contribution in [0.15, 0.2) is 24.3 Å². The van der Waals surface area contributed by atoms with Crippen LogP contribution >= 0.6 is 0 Å². The number of carboxylic acid groups (broad SMARTS) is 1. The predicted octanol–water partition coefficient (Wildman–Crippen LogP) is 2.44. The number of nitrogens with zero attached hydrogens (tertiary/aromatic N) is 1. The molecule has 0 aliphatic carbocycles. The Kier molecular flexibility index (Phi) is 7.31. The number of carboxylic acids is 1. The Hall–Kier alpha value is -2.15. The third-order valence-electron chi connectivity index (χ3n) is 3.46. The molecule has 22 heavy (non-hydrogen) atoms. The normalized spacial score (nSPS) is 13.4. The zero-order chi connectivity index (χ0) is 16.5. The van der Waals surface area contributed by atoms with E-state index in [0.29, 0.717) is 26.0 Å². The van der Waals surface area contributed by atoms with Crippen LogP contribution in [-0.4, -0.2) is 29.2 Å². The van der Waals surface area contributed by atoms with Gasteiger partial charge in [-0.25, -0.2) is 0 Å². The lowest BCUT2D eigenvalue weighted by Gasteiger charge is -2.18. The minimum atomic E-state index is -0.848. The number of ether oxygens (including phenoxy) is 1. The van der Waals surface area contributed by atoms with Gasteiger partial charge in [-0.1, -0.05) is 19.1 Å². The van der Waals surface area contributed by atoms with Gasteiger partial charge in [-0.2, -0.15) is 0 Å². The number of nitrogens with two attached hydrogens (primary N) is 1. The molecule has 0 heterocycles. The van der Waals surface area contributed by atoms with E-state index in [4.69, 9.17) is 15.6 Å². The summed E-state index contributed by atoms with van der Waals surface area (Å²) in [6, 6.07) is 6.24. The number of nitro benzene ring substituents is 1. The van der Waals surface area contributed by atoms with Crippen LogP contribution in [0.1, 0.15) is 26.2 Å². The van der Waals surface area contributed by atoms with Crippen LogP contribution in [0.3, 0.4) is 0 Å². The summed E-state index contributed by atoms with van der Waals surface area (Å²) in [7, 11) is 0. The lowest BCUT2D eigenvalue weighted by atomic mass is 9.91. The predicted molar refractivity (Wildman–Crippen MR) is 81.8 cm³/mol. The number of hydrogen-bond donors (Lipinski definition) is 2. The summed E-state index contributed by atoms with van der Waals surface area (Å²) in [5, 5.41) is 19.7. The zero-order valence-electron chi connectivity index (χ0n) is 12.6. The Morgan fingerprint density at radius 2 is 2.14 bits per heavy atom. The maximum atomic E-state index is 10.9. The van der Waals surface area contributed by atoms with Crippen molar-refractivity contribution in [2.45, 2.75) is 26.2 Å². The van der Waals surface area contributed by atoms with E-state index in [-0.39, 0.29) is 29.7 Å². The molecule has 0 radical (unpaired) electrons. The molecule has 7 nitrogen and oxygen atoms in total. The fourth-order valence-electron chi connectivity index (χ4n) is 2.30. The average Bonchev–Trinajstić information content (AvgIpc) is 2.46. The molecule has 7 heteroatoms. The maximum Gasteiger partial charge on any atom is 0.310 e. The van der Waals surface area contributed by atoms with Gasteiger partial charge in [0, 0.05) is 12.5 Å². The van der Waals surface area contributed by atoms with Gasteiger partial charge in [-0.3, -0.25) is 14.9 Å². The highest BCUT2D eigenvalue weighted by molar-refractivity contribution is 5.67. The van der Waals surface area contributed by atoms with E-state index < -0.39 is 10.9 Å². The van der Waals surface area contributed by atoms with Crippen molar-refractivity contribution in [1.29, 1.82) is 0 Å². The third-order valence-corrected chi connectivity index (χ3v) is 3.46. The molecule has 0 saturated heterocycles. The van der Waals surface area contributed by atoms with Gasteiger partial charge in [0.05, 0.1) is 11.5 Å². The number of para-hydroxylation sites is 2. The van der Waals surface area contributed by atoms with Crippen molar-refractivity contribution in [3.8, 4) is 5.75 Å². The number of benzene rings is 1. The first-order valence-corrected chi connectivity index (χ1v) is 7.22. The largest absolute Gasteiger partial charge is 0.487 e. The zero-order valence-corrected chi connectivity index (χ0v) is 12.6. The fourth-order valence-corrected chi connectivity index (χ4v) is 2.30. The molecule has 3 N–H and O–H groups in total. The van der Waals surface area contributed by atoms with E-state index in [1.807, 2.05) is 6.92 Å². The first-order chi connectivity index (χ1) is 10.4. The molecule has 122 valence electrons. The molecule has 0 saturated carbocycles. The van der Waals surface area contributed by atoms with E-state index in [1.165, 1.54) is 6.07 Å². The van der Waals surface area contributed by atoms with Crippen LogP contribution in [-0.2, 0) is 4.79 Å². The Labute approximate surface area is 129 Å². The standard InChI is InChI=1S/C15H22N2O5/c1-11(8-12(10-16)9-15(18)19)6-7-22-14-5-3-2-4-13(14)17(20)21/h2-5,11-12H,6-10,16H2,1H3,(H,18,19). The highest BCUT2D eigenvalue weighted by Crippen LogP contribution is 2.26. The summed E-state index contributed by atoms with van der Waals surface area (Å²) >= 11 is 0. The van der Waals surface area contributed by atoms with Gasteiger partial charge in [-0.05, 0) is 37.3 Å². The van der Waals surface area contributed by atoms with Crippen molar-refractivity contribution in [2.75, 3.05) is 13.2 Å². The molecule has 1 aromatic carbocycles. The summed E-state index contributed by atoms with van der Waals surface area (Å²) in [5.74, 6) is -0.423.